The average molecular weight is 1190 g/mol. The van der Waals surface area contributed by atoms with E-state index in [9.17, 15) is 14.4 Å². The Hall–Kier alpha value is -8.16. The fourth-order valence-electron chi connectivity index (χ4n) is 10.4. The molecule has 0 aromatic heterocycles. The summed E-state index contributed by atoms with van der Waals surface area (Å²) in [7, 11) is 4.78. The zero-order valence-corrected chi connectivity index (χ0v) is 47.1. The van der Waals surface area contributed by atoms with Gasteiger partial charge in [0.15, 0.2) is 0 Å². The normalized spacial score (nSPS) is 16.2. The van der Waals surface area contributed by atoms with E-state index in [2.05, 4.69) is 47.8 Å². The second kappa shape index (κ2) is 22.7. The van der Waals surface area contributed by atoms with Gasteiger partial charge in [-0.3, -0.25) is 28.8 Å². The van der Waals surface area contributed by atoms with Gasteiger partial charge in [-0.25, -0.2) is 0 Å². The van der Waals surface area contributed by atoms with Crippen LogP contribution in [-0.4, -0.2) is 94.0 Å². The van der Waals surface area contributed by atoms with E-state index in [-0.39, 0.29) is 37.3 Å². The number of halogens is 2. The number of methoxy groups -OCH3 is 2. The number of anilines is 4. The quantitative estimate of drug-likeness (QED) is 0.0865. The summed E-state index contributed by atoms with van der Waals surface area (Å²) in [6, 6.07) is 39.8. The topological polar surface area (TPSA) is 196 Å². The third-order valence-electron chi connectivity index (χ3n) is 14.7. The molecule has 16 nitrogen and oxygen atoms in total. The number of nitrogens with zero attached hydrogens (tertiary/aromatic N) is 4. The number of nitrogens with two attached hydrogens (primary N) is 1. The van der Waals surface area contributed by atoms with Crippen molar-refractivity contribution in [2.45, 2.75) is 51.1 Å². The average Bonchev–Trinajstić information content (AvgIpc) is 3.91. The Morgan fingerprint density at radius 3 is 1.39 bits per heavy atom. The van der Waals surface area contributed by atoms with Gasteiger partial charge in [0, 0.05) is 31.2 Å². The SMILES string of the molecule is CNC(C)C(=O)NC1CN(C(=O)c2ccc3ccc(C(=O)N4CC(NC(=O)C(C)N)C(=O)N(Cc5c(OC)ccc6cc(Br)ccc56)c5ccccc54)cc3c2)c2ccccc2N(Cc2c(OC)ccc3cc(Br)ccc23)C1=O. The number of hydrogen-bond donors (Lipinski definition) is 4. The molecule has 2 aliphatic rings. The number of nitrogens with one attached hydrogen (secondary N) is 3. The molecule has 18 heteroatoms. The van der Waals surface area contributed by atoms with Crippen LogP contribution >= 0.6 is 31.9 Å². The first-order chi connectivity index (χ1) is 38.1. The van der Waals surface area contributed by atoms with E-state index in [1.165, 1.54) is 16.7 Å². The summed E-state index contributed by atoms with van der Waals surface area (Å²) >= 11 is 7.14. The van der Waals surface area contributed by atoms with Crippen LogP contribution in [0.5, 0.6) is 11.5 Å². The number of hydrogen-bond acceptors (Lipinski definition) is 10. The summed E-state index contributed by atoms with van der Waals surface area (Å²) in [5.41, 5.74) is 9.72. The summed E-state index contributed by atoms with van der Waals surface area (Å²) in [6.07, 6.45) is 0. The molecule has 0 saturated heterocycles. The number of likely N-dealkylation sites (N-methyl/N-ethyl adjacent to an activating group) is 1. The molecule has 0 bridgehead atoms. The van der Waals surface area contributed by atoms with E-state index in [4.69, 9.17) is 15.2 Å². The highest BCUT2D eigenvalue weighted by Crippen LogP contribution is 2.41. The molecule has 2 aliphatic heterocycles. The maximum absolute atomic E-state index is 15.3. The standard InChI is InChI=1S/C61H56Br2N8O8/c1-34(64)56(72)66-48-32-70(52-12-8-6-10-50(52)68(60(48)76)30-46-44-22-20-42(62)28-37(44)18-24-54(46)78-4)58(74)39-16-14-36-15-17-40(27-41(36)26-39)59(75)71-33-49(67-57(73)35(2)65-3)61(77)69(51-11-7-9-13-53(51)71)31-47-45-23-21-43(63)29-38(45)19-25-55(47)79-5/h6-29,34-35,48-49,65H,30-33,64H2,1-5H3,(H,66,72)(H,67,73). The van der Waals surface area contributed by atoms with Crippen LogP contribution in [0.3, 0.4) is 0 Å². The van der Waals surface area contributed by atoms with E-state index < -0.39 is 59.6 Å². The highest BCUT2D eigenvalue weighted by molar-refractivity contribution is 9.10. The maximum Gasteiger partial charge on any atom is 0.258 e. The fraction of sp³-hybridized carbons (Fsp3) is 0.213. The number of amides is 6. The van der Waals surface area contributed by atoms with E-state index in [0.29, 0.717) is 39.6 Å². The molecule has 8 aromatic carbocycles. The molecule has 6 amide bonds. The van der Waals surface area contributed by atoms with Gasteiger partial charge in [-0.15, -0.1) is 0 Å². The van der Waals surface area contributed by atoms with Gasteiger partial charge in [-0.2, -0.15) is 0 Å². The molecular formula is C61H56Br2N8O8. The first-order valence-corrected chi connectivity index (χ1v) is 27.2. The van der Waals surface area contributed by atoms with Crippen molar-refractivity contribution < 1.29 is 38.2 Å². The van der Waals surface area contributed by atoms with E-state index in [1.807, 2.05) is 60.7 Å². The zero-order chi connectivity index (χ0) is 55.8. The van der Waals surface area contributed by atoms with Crippen molar-refractivity contribution >= 4 is 122 Å². The lowest BCUT2D eigenvalue weighted by molar-refractivity contribution is -0.128. The molecular weight excluding hydrogens is 1130 g/mol. The van der Waals surface area contributed by atoms with Gasteiger partial charge in [0.2, 0.25) is 11.8 Å². The number of fused-ring (bicyclic) bond motifs is 5. The van der Waals surface area contributed by atoms with Gasteiger partial charge in [0.25, 0.3) is 23.6 Å². The van der Waals surface area contributed by atoms with Crippen LogP contribution in [0.25, 0.3) is 32.3 Å². The van der Waals surface area contributed by atoms with Crippen LogP contribution in [0.15, 0.2) is 155 Å². The Labute approximate surface area is 473 Å². The van der Waals surface area contributed by atoms with Crippen molar-refractivity contribution in [3.05, 3.63) is 177 Å². The number of rotatable bonds is 13. The molecule has 79 heavy (non-hydrogen) atoms. The number of benzene rings is 8. The van der Waals surface area contributed by atoms with Crippen LogP contribution in [-0.2, 0) is 32.3 Å². The Bertz CT molecular complexity index is 3780. The Kier molecular flexibility index (Phi) is 15.6. The van der Waals surface area contributed by atoms with Crippen molar-refractivity contribution in [2.75, 3.05) is 54.0 Å². The molecule has 0 radical (unpaired) electrons. The summed E-state index contributed by atoms with van der Waals surface area (Å²) in [5.74, 6) is -1.72. The Morgan fingerprint density at radius 2 is 0.975 bits per heavy atom. The Balaban J connectivity index is 1.02. The van der Waals surface area contributed by atoms with Crippen LogP contribution in [0.2, 0.25) is 0 Å². The van der Waals surface area contributed by atoms with Gasteiger partial charge in [0.05, 0.1) is 75.2 Å². The molecule has 0 aliphatic carbocycles. The number of carbonyl (C=O) groups is 6. The predicted octanol–water partition coefficient (Wildman–Crippen LogP) is 9.00. The molecule has 8 aromatic rings. The lowest BCUT2D eigenvalue weighted by Gasteiger charge is -2.27. The summed E-state index contributed by atoms with van der Waals surface area (Å²) in [5, 5.41) is 13.5. The van der Waals surface area contributed by atoms with Gasteiger partial charge in [0.1, 0.15) is 23.6 Å². The van der Waals surface area contributed by atoms with Crippen molar-refractivity contribution in [1.82, 2.24) is 16.0 Å². The third-order valence-corrected chi connectivity index (χ3v) is 15.6. The Morgan fingerprint density at radius 1 is 0.557 bits per heavy atom. The van der Waals surface area contributed by atoms with Gasteiger partial charge in [-0.05, 0) is 138 Å². The number of para-hydroxylation sites is 4. The van der Waals surface area contributed by atoms with E-state index in [1.54, 1.807) is 123 Å². The van der Waals surface area contributed by atoms with E-state index in [0.717, 1.165) is 47.0 Å². The van der Waals surface area contributed by atoms with Gasteiger partial charge >= 0.3 is 0 Å². The number of carbonyl (C=O) groups excluding carboxylic acids is 6. The monoisotopic (exact) mass is 1190 g/mol. The second-order valence-electron chi connectivity index (χ2n) is 19.6. The second-order valence-corrected chi connectivity index (χ2v) is 21.4. The molecule has 10 rings (SSSR count). The van der Waals surface area contributed by atoms with E-state index >= 15 is 14.4 Å². The summed E-state index contributed by atoms with van der Waals surface area (Å²) < 4.78 is 13.5. The first-order valence-electron chi connectivity index (χ1n) is 25.6. The van der Waals surface area contributed by atoms with Crippen molar-refractivity contribution in [2.24, 2.45) is 5.73 Å². The minimum Gasteiger partial charge on any atom is -0.496 e. The first kappa shape index (κ1) is 54.2. The number of ether oxygens (including phenoxy) is 2. The molecule has 4 atom stereocenters. The van der Waals surface area contributed by atoms with Crippen molar-refractivity contribution in [3.8, 4) is 11.5 Å². The largest absolute Gasteiger partial charge is 0.496 e. The predicted molar refractivity (Wildman–Crippen MR) is 315 cm³/mol. The highest BCUT2D eigenvalue weighted by atomic mass is 79.9. The minimum atomic E-state index is -1.22. The minimum absolute atomic E-state index is 0.0322. The van der Waals surface area contributed by atoms with Crippen molar-refractivity contribution in [3.63, 3.8) is 0 Å². The third kappa shape index (κ3) is 10.6. The van der Waals surface area contributed by atoms with Crippen LogP contribution in [0.4, 0.5) is 22.7 Å². The zero-order valence-electron chi connectivity index (χ0n) is 43.9. The molecule has 5 N–H and O–H groups in total. The van der Waals surface area contributed by atoms with Crippen LogP contribution in [0.1, 0.15) is 45.7 Å². The smallest absolute Gasteiger partial charge is 0.258 e. The molecule has 0 spiro atoms. The lowest BCUT2D eigenvalue weighted by atomic mass is 10.0. The summed E-state index contributed by atoms with van der Waals surface area (Å²) in [4.78, 5) is 93.7. The van der Waals surface area contributed by atoms with Gasteiger partial charge < -0.3 is 50.8 Å². The van der Waals surface area contributed by atoms with Crippen LogP contribution in [0, 0.1) is 0 Å². The molecule has 0 saturated carbocycles. The summed E-state index contributed by atoms with van der Waals surface area (Å²) in [6.45, 7) is 2.84. The molecule has 402 valence electrons. The maximum atomic E-state index is 15.3. The van der Waals surface area contributed by atoms with Gasteiger partial charge in [-0.1, -0.05) is 92.5 Å². The lowest BCUT2D eigenvalue weighted by Crippen LogP contribution is -2.55. The van der Waals surface area contributed by atoms with Crippen LogP contribution < -0.4 is 50.8 Å². The highest BCUT2D eigenvalue weighted by Gasteiger charge is 2.40. The fourth-order valence-corrected chi connectivity index (χ4v) is 11.1. The molecule has 4 unspecified atom stereocenters. The van der Waals surface area contributed by atoms with Crippen molar-refractivity contribution in [1.29, 1.82) is 0 Å². The molecule has 2 heterocycles. The molecule has 0 fully saturated rings.